The van der Waals surface area contributed by atoms with Gasteiger partial charge in [-0.15, -0.1) is 0 Å². The van der Waals surface area contributed by atoms with E-state index in [4.69, 9.17) is 14.6 Å². The van der Waals surface area contributed by atoms with Crippen molar-refractivity contribution in [2.45, 2.75) is 45.3 Å². The molecule has 1 saturated heterocycles. The Hall–Kier alpha value is -3.81. The van der Waals surface area contributed by atoms with E-state index in [2.05, 4.69) is 5.32 Å². The Morgan fingerprint density at radius 1 is 1.03 bits per heavy atom. The molecule has 4 rings (SSSR count). The molecule has 1 aliphatic heterocycles. The smallest absolute Gasteiger partial charge is 0.418 e. The van der Waals surface area contributed by atoms with Crippen molar-refractivity contribution < 1.29 is 19.1 Å². The number of rotatable bonds is 4. The van der Waals surface area contributed by atoms with Crippen LogP contribution in [0.3, 0.4) is 0 Å². The van der Waals surface area contributed by atoms with Crippen LogP contribution in [0.1, 0.15) is 45.3 Å². The molecule has 3 aromatic rings. The number of carbonyl (C=O) groups is 2. The first kappa shape index (κ1) is 22.4. The number of carbonyl (C=O) groups excluding carboxylic acids is 2. The summed E-state index contributed by atoms with van der Waals surface area (Å²) in [7, 11) is 0. The van der Waals surface area contributed by atoms with Crippen LogP contribution in [0.4, 0.5) is 15.4 Å². The van der Waals surface area contributed by atoms with E-state index in [1.807, 2.05) is 57.2 Å². The van der Waals surface area contributed by atoms with Crippen LogP contribution in [-0.4, -0.2) is 39.0 Å². The highest BCUT2D eigenvalue weighted by Gasteiger charge is 2.35. The summed E-state index contributed by atoms with van der Waals surface area (Å²) in [6.07, 6.45) is 0.623. The van der Waals surface area contributed by atoms with E-state index >= 15 is 0 Å². The van der Waals surface area contributed by atoms with Gasteiger partial charge in [-0.05, 0) is 57.9 Å². The van der Waals surface area contributed by atoms with Gasteiger partial charge in [-0.1, -0.05) is 36.4 Å². The molecule has 0 saturated carbocycles. The number of para-hydroxylation sites is 2. The molecule has 1 fully saturated rings. The van der Waals surface area contributed by atoms with Gasteiger partial charge < -0.3 is 9.47 Å². The van der Waals surface area contributed by atoms with Gasteiger partial charge in [-0.25, -0.2) is 14.3 Å². The van der Waals surface area contributed by atoms with Gasteiger partial charge in [0.05, 0.1) is 17.4 Å². The van der Waals surface area contributed by atoms with Gasteiger partial charge in [-0.3, -0.25) is 10.2 Å². The summed E-state index contributed by atoms with van der Waals surface area (Å²) >= 11 is 0. The Bertz CT molecular complexity index is 1110. The van der Waals surface area contributed by atoms with Crippen LogP contribution < -0.4 is 10.1 Å². The average molecular weight is 449 g/mol. The topological polar surface area (TPSA) is 85.7 Å². The average Bonchev–Trinajstić information content (AvgIpc) is 3.41. The number of nitrogens with one attached hydrogen (secondary N) is 1. The number of likely N-dealkylation sites (tertiary alicyclic amines) is 1. The van der Waals surface area contributed by atoms with Crippen LogP contribution in [0.15, 0.2) is 66.7 Å². The zero-order valence-corrected chi connectivity index (χ0v) is 19.0. The van der Waals surface area contributed by atoms with Gasteiger partial charge in [0.1, 0.15) is 17.2 Å². The van der Waals surface area contributed by atoms with Crippen molar-refractivity contribution in [2.24, 2.45) is 0 Å². The second-order valence-corrected chi connectivity index (χ2v) is 8.86. The molecule has 8 heteroatoms. The standard InChI is InChI=1S/C25H28N4O4/c1-25(2,3)33-24(31)28-16-10-15-21(28)20-17-22(29(27-20)18-11-6-4-7-12-18)26-23(30)32-19-13-8-5-9-14-19/h4-9,11-14,17,21H,10,15-16H2,1-3H3,(H,26,30). The predicted molar refractivity (Wildman–Crippen MR) is 125 cm³/mol. The van der Waals surface area contributed by atoms with E-state index < -0.39 is 11.7 Å². The number of anilines is 1. The Kier molecular flexibility index (Phi) is 6.35. The molecule has 2 heterocycles. The summed E-state index contributed by atoms with van der Waals surface area (Å²) in [4.78, 5) is 27.0. The fourth-order valence-electron chi connectivity index (χ4n) is 3.76. The summed E-state index contributed by atoms with van der Waals surface area (Å²) in [5.74, 6) is 0.890. The molecule has 1 aliphatic rings. The van der Waals surface area contributed by atoms with Crippen molar-refractivity contribution in [3.63, 3.8) is 0 Å². The van der Waals surface area contributed by atoms with Gasteiger partial charge in [-0.2, -0.15) is 5.10 Å². The summed E-state index contributed by atoms with van der Waals surface area (Å²) in [5.41, 5.74) is 0.874. The molecule has 0 bridgehead atoms. The first-order chi connectivity index (χ1) is 15.8. The van der Waals surface area contributed by atoms with Crippen LogP contribution in [0.5, 0.6) is 5.75 Å². The minimum atomic E-state index is -0.625. The molecule has 1 atom stereocenters. The number of aromatic nitrogens is 2. The maximum atomic E-state index is 12.8. The summed E-state index contributed by atoms with van der Waals surface area (Å²) < 4.78 is 12.6. The molecular weight excluding hydrogens is 420 g/mol. The summed E-state index contributed by atoms with van der Waals surface area (Å²) in [5, 5.41) is 7.54. The Morgan fingerprint density at radius 2 is 1.70 bits per heavy atom. The van der Waals surface area contributed by atoms with Crippen molar-refractivity contribution in [1.82, 2.24) is 14.7 Å². The van der Waals surface area contributed by atoms with Crippen LogP contribution in [0, 0.1) is 0 Å². The second kappa shape index (κ2) is 9.36. The van der Waals surface area contributed by atoms with Crippen LogP contribution in [0.25, 0.3) is 5.69 Å². The van der Waals surface area contributed by atoms with Crippen molar-refractivity contribution in [3.05, 3.63) is 72.4 Å². The number of amides is 2. The van der Waals surface area contributed by atoms with E-state index in [-0.39, 0.29) is 12.1 Å². The van der Waals surface area contributed by atoms with Gasteiger partial charge in [0.25, 0.3) is 0 Å². The first-order valence-electron chi connectivity index (χ1n) is 11.0. The minimum absolute atomic E-state index is 0.240. The molecule has 1 unspecified atom stereocenters. The highest BCUT2D eigenvalue weighted by Crippen LogP contribution is 2.34. The largest absolute Gasteiger partial charge is 0.444 e. The third-order valence-electron chi connectivity index (χ3n) is 5.14. The second-order valence-electron chi connectivity index (χ2n) is 8.86. The summed E-state index contributed by atoms with van der Waals surface area (Å²) in [6.45, 7) is 6.14. The molecule has 0 spiro atoms. The van der Waals surface area contributed by atoms with Gasteiger partial charge in [0.15, 0.2) is 0 Å². The molecule has 0 aliphatic carbocycles. The fourth-order valence-corrected chi connectivity index (χ4v) is 3.76. The van der Waals surface area contributed by atoms with Crippen LogP contribution in [-0.2, 0) is 4.74 Å². The molecule has 2 aromatic carbocycles. The fraction of sp³-hybridized carbons (Fsp3) is 0.320. The third-order valence-corrected chi connectivity index (χ3v) is 5.14. The molecule has 1 N–H and O–H groups in total. The van der Waals surface area contributed by atoms with Crippen molar-refractivity contribution >= 4 is 18.0 Å². The number of nitrogens with zero attached hydrogens (tertiary/aromatic N) is 3. The van der Waals surface area contributed by atoms with E-state index in [1.165, 1.54) is 0 Å². The normalized spacial score (nSPS) is 15.8. The highest BCUT2D eigenvalue weighted by atomic mass is 16.6. The number of ether oxygens (including phenoxy) is 2. The third kappa shape index (κ3) is 5.52. The Morgan fingerprint density at radius 3 is 2.36 bits per heavy atom. The van der Waals surface area contributed by atoms with E-state index in [0.717, 1.165) is 18.5 Å². The lowest BCUT2D eigenvalue weighted by Crippen LogP contribution is -2.36. The molecule has 8 nitrogen and oxygen atoms in total. The highest BCUT2D eigenvalue weighted by molar-refractivity contribution is 5.85. The molecule has 0 radical (unpaired) electrons. The zero-order chi connectivity index (χ0) is 23.4. The van der Waals surface area contributed by atoms with Crippen molar-refractivity contribution in [2.75, 3.05) is 11.9 Å². The van der Waals surface area contributed by atoms with E-state index in [1.54, 1.807) is 39.9 Å². The molecule has 2 amide bonds. The van der Waals surface area contributed by atoms with Crippen LogP contribution >= 0.6 is 0 Å². The van der Waals surface area contributed by atoms with Crippen LogP contribution in [0.2, 0.25) is 0 Å². The first-order valence-corrected chi connectivity index (χ1v) is 11.0. The summed E-state index contributed by atoms with van der Waals surface area (Å²) in [6, 6.07) is 19.9. The predicted octanol–water partition coefficient (Wildman–Crippen LogP) is 5.56. The molecule has 172 valence electrons. The Balaban J connectivity index is 1.61. The maximum Gasteiger partial charge on any atom is 0.418 e. The quantitative estimate of drug-likeness (QED) is 0.565. The van der Waals surface area contributed by atoms with Gasteiger partial charge >= 0.3 is 12.2 Å². The Labute approximate surface area is 193 Å². The van der Waals surface area contributed by atoms with Gasteiger partial charge in [0.2, 0.25) is 0 Å². The molecule has 33 heavy (non-hydrogen) atoms. The number of hydrogen-bond donors (Lipinski definition) is 1. The molecule has 1 aromatic heterocycles. The van der Waals surface area contributed by atoms with Crippen molar-refractivity contribution in [3.8, 4) is 11.4 Å². The van der Waals surface area contributed by atoms with Gasteiger partial charge in [0, 0.05) is 12.6 Å². The lowest BCUT2D eigenvalue weighted by Gasteiger charge is -2.27. The minimum Gasteiger partial charge on any atom is -0.444 e. The van der Waals surface area contributed by atoms with E-state index in [9.17, 15) is 9.59 Å². The lowest BCUT2D eigenvalue weighted by molar-refractivity contribution is 0.0221. The molecular formula is C25H28N4O4. The zero-order valence-electron chi connectivity index (χ0n) is 19.0. The number of hydrogen-bond acceptors (Lipinski definition) is 5. The van der Waals surface area contributed by atoms with E-state index in [0.29, 0.717) is 23.8 Å². The SMILES string of the molecule is CC(C)(C)OC(=O)N1CCCC1c1cc(NC(=O)Oc2ccccc2)n(-c2ccccc2)n1. The maximum absolute atomic E-state index is 12.8. The number of benzene rings is 2. The lowest BCUT2D eigenvalue weighted by atomic mass is 10.1. The van der Waals surface area contributed by atoms with Crippen molar-refractivity contribution in [1.29, 1.82) is 0 Å². The monoisotopic (exact) mass is 448 g/mol.